The molecular weight excluding hydrogens is 370 g/mol. The topological polar surface area (TPSA) is 90.0 Å². The lowest BCUT2D eigenvalue weighted by Crippen LogP contribution is -2.67. The van der Waals surface area contributed by atoms with Crippen molar-refractivity contribution >= 4 is 17.7 Å². The molecule has 2 N–H and O–H groups in total. The van der Waals surface area contributed by atoms with Gasteiger partial charge in [0.2, 0.25) is 17.7 Å². The van der Waals surface area contributed by atoms with E-state index < -0.39 is 0 Å². The number of aromatic hydroxyl groups is 1. The largest absolute Gasteiger partial charge is 0.508 e. The highest BCUT2D eigenvalue weighted by Crippen LogP contribution is 2.41. The van der Waals surface area contributed by atoms with Crippen molar-refractivity contribution in [3.05, 3.63) is 29.8 Å². The summed E-state index contributed by atoms with van der Waals surface area (Å²) in [6.07, 6.45) is 3.69. The number of nitrogens with one attached hydrogen (secondary N) is 1. The predicted molar refractivity (Wildman–Crippen MR) is 107 cm³/mol. The van der Waals surface area contributed by atoms with Crippen LogP contribution in [0.5, 0.6) is 5.75 Å². The van der Waals surface area contributed by atoms with Crippen molar-refractivity contribution in [3.8, 4) is 5.75 Å². The number of hydrogen-bond acceptors (Lipinski definition) is 4. The average Bonchev–Trinajstić information content (AvgIpc) is 2.68. The van der Waals surface area contributed by atoms with Crippen LogP contribution in [-0.2, 0) is 20.8 Å². The van der Waals surface area contributed by atoms with E-state index in [2.05, 4.69) is 5.32 Å². The number of carbonyl (C=O) groups excluding carboxylic acids is 3. The van der Waals surface area contributed by atoms with Gasteiger partial charge in [0, 0.05) is 39.0 Å². The quantitative estimate of drug-likeness (QED) is 0.799. The Bertz CT molecular complexity index is 811. The van der Waals surface area contributed by atoms with Crippen LogP contribution in [0.2, 0.25) is 0 Å². The van der Waals surface area contributed by atoms with Crippen LogP contribution >= 0.6 is 0 Å². The molecule has 7 heteroatoms. The number of nitrogens with zero attached hydrogens (tertiary/aromatic N) is 2. The Morgan fingerprint density at radius 3 is 2.79 bits per heavy atom. The first-order valence-corrected chi connectivity index (χ1v) is 10.5. The number of likely N-dealkylation sites (tertiary alicyclic amines) is 1. The van der Waals surface area contributed by atoms with Crippen molar-refractivity contribution < 1.29 is 19.5 Å². The van der Waals surface area contributed by atoms with Crippen LogP contribution in [0, 0.1) is 11.8 Å². The van der Waals surface area contributed by atoms with Crippen LogP contribution < -0.4 is 5.32 Å². The van der Waals surface area contributed by atoms with E-state index in [1.165, 1.54) is 6.92 Å². The van der Waals surface area contributed by atoms with E-state index in [1.807, 2.05) is 15.9 Å². The first-order valence-electron chi connectivity index (χ1n) is 10.5. The van der Waals surface area contributed by atoms with Gasteiger partial charge in [0.05, 0.1) is 12.5 Å². The predicted octanol–water partition coefficient (Wildman–Crippen LogP) is 1.30. The van der Waals surface area contributed by atoms with E-state index in [-0.39, 0.29) is 47.9 Å². The summed E-state index contributed by atoms with van der Waals surface area (Å²) in [5.74, 6) is 0.773. The number of hydrogen-bond donors (Lipinski definition) is 2. The van der Waals surface area contributed by atoms with E-state index in [1.54, 1.807) is 18.2 Å². The molecule has 156 valence electrons. The smallest absolute Gasteiger partial charge is 0.227 e. The molecule has 3 aliphatic heterocycles. The van der Waals surface area contributed by atoms with Gasteiger partial charge >= 0.3 is 0 Å². The second kappa shape index (κ2) is 8.05. The maximum absolute atomic E-state index is 13.0. The molecule has 3 saturated heterocycles. The second-order valence-corrected chi connectivity index (χ2v) is 8.67. The van der Waals surface area contributed by atoms with Crippen molar-refractivity contribution in [3.63, 3.8) is 0 Å². The number of benzene rings is 1. The first-order chi connectivity index (χ1) is 13.9. The Hall–Kier alpha value is -2.57. The Kier molecular flexibility index (Phi) is 5.48. The number of piperidine rings is 3. The summed E-state index contributed by atoms with van der Waals surface area (Å²) in [6.45, 7) is 3.22. The second-order valence-electron chi connectivity index (χ2n) is 8.67. The molecule has 3 fully saturated rings. The number of amides is 3. The minimum Gasteiger partial charge on any atom is -0.508 e. The lowest BCUT2D eigenvalue weighted by Gasteiger charge is -2.56. The summed E-state index contributed by atoms with van der Waals surface area (Å²) in [5, 5.41) is 12.6. The number of fused-ring (bicyclic) bond motifs is 4. The van der Waals surface area contributed by atoms with E-state index >= 15 is 0 Å². The number of carbonyl (C=O) groups is 3. The third-order valence-electron chi connectivity index (χ3n) is 6.68. The van der Waals surface area contributed by atoms with Gasteiger partial charge in [-0.05, 0) is 48.8 Å². The van der Waals surface area contributed by atoms with Crippen LogP contribution in [-0.4, -0.2) is 64.3 Å². The molecule has 7 nitrogen and oxygen atoms in total. The Morgan fingerprint density at radius 1 is 1.24 bits per heavy atom. The van der Waals surface area contributed by atoms with Gasteiger partial charge in [-0.3, -0.25) is 14.4 Å². The van der Waals surface area contributed by atoms with E-state index in [0.717, 1.165) is 24.8 Å². The molecular formula is C22H29N3O4. The fourth-order valence-corrected chi connectivity index (χ4v) is 5.44. The molecule has 1 aromatic carbocycles. The van der Waals surface area contributed by atoms with Gasteiger partial charge in [0.1, 0.15) is 5.75 Å². The molecule has 0 unspecified atom stereocenters. The molecule has 0 aromatic heterocycles. The first kappa shape index (κ1) is 19.7. The standard InChI is InChI=1S/C22H29N3O4/c1-14(26)23-11-20-17-10-16(19-6-3-7-21(28)25(19)20)12-24(13-17)22(29)9-15-4-2-5-18(27)8-15/h2,4-5,8,16-17,19-20,27H,3,6-7,9-13H2,1H3,(H,23,26)/t16-,17+,19+,20+/m1/s1. The van der Waals surface area contributed by atoms with E-state index in [0.29, 0.717) is 32.0 Å². The maximum Gasteiger partial charge on any atom is 0.227 e. The molecule has 4 rings (SSSR count). The highest BCUT2D eigenvalue weighted by atomic mass is 16.3. The lowest BCUT2D eigenvalue weighted by molar-refractivity contribution is -0.156. The highest BCUT2D eigenvalue weighted by molar-refractivity contribution is 5.80. The number of phenols is 1. The molecule has 0 radical (unpaired) electrons. The van der Waals surface area contributed by atoms with Crippen molar-refractivity contribution in [2.24, 2.45) is 11.8 Å². The molecule has 29 heavy (non-hydrogen) atoms. The normalized spacial score (nSPS) is 28.7. The van der Waals surface area contributed by atoms with E-state index in [9.17, 15) is 19.5 Å². The summed E-state index contributed by atoms with van der Waals surface area (Å²) in [5.41, 5.74) is 0.801. The van der Waals surface area contributed by atoms with Gasteiger partial charge in [0.25, 0.3) is 0 Å². The Morgan fingerprint density at radius 2 is 2.03 bits per heavy atom. The third kappa shape index (κ3) is 4.09. The maximum atomic E-state index is 13.0. The van der Waals surface area contributed by atoms with Crippen molar-refractivity contribution in [2.75, 3.05) is 19.6 Å². The average molecular weight is 399 g/mol. The van der Waals surface area contributed by atoms with Crippen LogP contribution in [0.25, 0.3) is 0 Å². The van der Waals surface area contributed by atoms with Gasteiger partial charge < -0.3 is 20.2 Å². The van der Waals surface area contributed by atoms with Crippen LogP contribution in [0.4, 0.5) is 0 Å². The van der Waals surface area contributed by atoms with Gasteiger partial charge in [0.15, 0.2) is 0 Å². The zero-order chi connectivity index (χ0) is 20.5. The fraction of sp³-hybridized carbons (Fsp3) is 0.591. The Labute approximate surface area is 171 Å². The highest BCUT2D eigenvalue weighted by Gasteiger charge is 2.49. The molecule has 0 aliphatic carbocycles. The minimum absolute atomic E-state index is 0.0516. The summed E-state index contributed by atoms with van der Waals surface area (Å²) >= 11 is 0. The zero-order valence-electron chi connectivity index (χ0n) is 16.8. The van der Waals surface area contributed by atoms with Crippen LogP contribution in [0.1, 0.15) is 38.2 Å². The number of phenolic OH excluding ortho intramolecular Hbond substituents is 1. The molecule has 0 saturated carbocycles. The molecule has 2 bridgehead atoms. The third-order valence-corrected chi connectivity index (χ3v) is 6.68. The summed E-state index contributed by atoms with van der Waals surface area (Å²) in [6, 6.07) is 6.93. The summed E-state index contributed by atoms with van der Waals surface area (Å²) in [7, 11) is 0. The molecule has 3 aliphatic rings. The van der Waals surface area contributed by atoms with Crippen LogP contribution in [0.15, 0.2) is 24.3 Å². The molecule has 0 spiro atoms. The minimum atomic E-state index is -0.0965. The van der Waals surface area contributed by atoms with Gasteiger partial charge in [-0.15, -0.1) is 0 Å². The summed E-state index contributed by atoms with van der Waals surface area (Å²) in [4.78, 5) is 41.2. The fourth-order valence-electron chi connectivity index (χ4n) is 5.44. The van der Waals surface area contributed by atoms with Gasteiger partial charge in [-0.25, -0.2) is 0 Å². The zero-order valence-corrected chi connectivity index (χ0v) is 16.8. The molecule has 3 heterocycles. The summed E-state index contributed by atoms with van der Waals surface area (Å²) < 4.78 is 0. The van der Waals surface area contributed by atoms with Crippen molar-refractivity contribution in [2.45, 2.75) is 51.1 Å². The van der Waals surface area contributed by atoms with Crippen molar-refractivity contribution in [1.29, 1.82) is 0 Å². The van der Waals surface area contributed by atoms with Crippen LogP contribution in [0.3, 0.4) is 0 Å². The molecule has 3 amide bonds. The Balaban J connectivity index is 1.52. The van der Waals surface area contributed by atoms with E-state index in [4.69, 9.17) is 0 Å². The SMILES string of the molecule is CC(=O)NC[C@H]1[C@H]2C[C@H](CN(C(=O)Cc3cccc(O)c3)C2)[C@@H]2CCCC(=O)N21. The molecule has 1 aromatic rings. The van der Waals surface area contributed by atoms with Crippen molar-refractivity contribution in [1.82, 2.24) is 15.1 Å². The molecule has 4 atom stereocenters. The monoisotopic (exact) mass is 399 g/mol. The van der Waals surface area contributed by atoms with Gasteiger partial charge in [-0.1, -0.05) is 12.1 Å². The van der Waals surface area contributed by atoms with Gasteiger partial charge in [-0.2, -0.15) is 0 Å². The lowest BCUT2D eigenvalue weighted by atomic mass is 9.72. The number of rotatable bonds is 4.